The zero-order valence-corrected chi connectivity index (χ0v) is 18.8. The van der Waals surface area contributed by atoms with Crippen LogP contribution in [0, 0.1) is 33.5 Å². The third-order valence-corrected chi connectivity index (χ3v) is 5.75. The number of halogens is 1. The Bertz CT molecular complexity index is 1300. The molecule has 0 aliphatic carbocycles. The number of amides is 1. The van der Waals surface area contributed by atoms with Gasteiger partial charge in [0.2, 0.25) is 5.91 Å². The van der Waals surface area contributed by atoms with Crippen LogP contribution in [0.5, 0.6) is 0 Å². The number of aryl methyl sites for hydroxylation is 4. The standard InChI is InChI=1S/C21H21FN8OS/c1-12-5-6-13(2)18(9-12)29-14(3)24-26-21(29)32-11-20(31)23-16-7-8-17(22)19(10-16)30-15(4)25-27-28-30/h5-10H,11H2,1-4H3,(H,23,31). The SMILES string of the molecule is Cc1ccc(C)c(-n2c(C)nnc2SCC(=O)Nc2ccc(F)c(-n3nnnc3C)c2)c1. The van der Waals surface area contributed by atoms with Crippen LogP contribution in [-0.2, 0) is 4.79 Å². The molecule has 4 rings (SSSR count). The molecule has 2 heterocycles. The van der Waals surface area contributed by atoms with Crippen molar-refractivity contribution in [3.8, 4) is 11.4 Å². The molecule has 0 aliphatic heterocycles. The second-order valence-corrected chi connectivity index (χ2v) is 8.24. The molecule has 0 saturated heterocycles. The number of carbonyl (C=O) groups is 1. The predicted octanol–water partition coefficient (Wildman–Crippen LogP) is 3.35. The molecule has 0 fully saturated rings. The van der Waals surface area contributed by atoms with E-state index in [1.54, 1.807) is 6.92 Å². The Hall–Kier alpha value is -3.60. The van der Waals surface area contributed by atoms with E-state index in [9.17, 15) is 9.18 Å². The lowest BCUT2D eigenvalue weighted by atomic mass is 10.1. The number of rotatable bonds is 6. The number of hydrogen-bond donors (Lipinski definition) is 1. The van der Waals surface area contributed by atoms with Gasteiger partial charge in [0.05, 0.1) is 11.4 Å². The number of tetrazole rings is 1. The second kappa shape index (κ2) is 8.87. The van der Waals surface area contributed by atoms with Crippen LogP contribution in [0.15, 0.2) is 41.6 Å². The van der Waals surface area contributed by atoms with Gasteiger partial charge in [0.1, 0.15) is 17.3 Å². The zero-order chi connectivity index (χ0) is 22.8. The molecule has 0 aliphatic rings. The first-order valence-corrected chi connectivity index (χ1v) is 10.8. The first-order valence-electron chi connectivity index (χ1n) is 9.80. The zero-order valence-electron chi connectivity index (χ0n) is 18.0. The molecule has 2 aromatic heterocycles. The summed E-state index contributed by atoms with van der Waals surface area (Å²) in [5, 5.41) is 22.9. The number of benzene rings is 2. The fraction of sp³-hybridized carbons (Fsp3) is 0.238. The third kappa shape index (κ3) is 4.37. The molecule has 0 atom stereocenters. The van der Waals surface area contributed by atoms with Crippen molar-refractivity contribution in [2.24, 2.45) is 0 Å². The van der Waals surface area contributed by atoms with Crippen LogP contribution in [0.4, 0.5) is 10.1 Å². The second-order valence-electron chi connectivity index (χ2n) is 7.30. The van der Waals surface area contributed by atoms with Gasteiger partial charge in [-0.2, -0.15) is 4.68 Å². The highest BCUT2D eigenvalue weighted by molar-refractivity contribution is 7.99. The number of nitrogens with zero attached hydrogens (tertiary/aromatic N) is 7. The van der Waals surface area contributed by atoms with Crippen LogP contribution >= 0.6 is 11.8 Å². The van der Waals surface area contributed by atoms with Crippen molar-refractivity contribution in [2.75, 3.05) is 11.1 Å². The highest BCUT2D eigenvalue weighted by Crippen LogP contribution is 2.25. The average Bonchev–Trinajstić information content (AvgIpc) is 3.35. The summed E-state index contributed by atoms with van der Waals surface area (Å²) < 4.78 is 17.5. The summed E-state index contributed by atoms with van der Waals surface area (Å²) in [5.74, 6) is 0.532. The van der Waals surface area contributed by atoms with E-state index in [1.807, 2.05) is 37.5 Å². The van der Waals surface area contributed by atoms with Gasteiger partial charge in [-0.3, -0.25) is 9.36 Å². The van der Waals surface area contributed by atoms with Gasteiger partial charge in [-0.05, 0) is 73.5 Å². The van der Waals surface area contributed by atoms with Gasteiger partial charge in [-0.15, -0.1) is 15.3 Å². The molecule has 0 spiro atoms. The van der Waals surface area contributed by atoms with Crippen molar-refractivity contribution in [1.82, 2.24) is 35.0 Å². The van der Waals surface area contributed by atoms with E-state index in [0.29, 0.717) is 16.7 Å². The van der Waals surface area contributed by atoms with Crippen LogP contribution in [0.1, 0.15) is 22.8 Å². The van der Waals surface area contributed by atoms with E-state index >= 15 is 0 Å². The van der Waals surface area contributed by atoms with Gasteiger partial charge in [0.25, 0.3) is 0 Å². The maximum atomic E-state index is 14.2. The Morgan fingerprint density at radius 2 is 1.81 bits per heavy atom. The Kier molecular flexibility index (Phi) is 5.99. The molecule has 2 aromatic carbocycles. The lowest BCUT2D eigenvalue weighted by molar-refractivity contribution is -0.113. The summed E-state index contributed by atoms with van der Waals surface area (Å²) in [6, 6.07) is 10.4. The highest BCUT2D eigenvalue weighted by atomic mass is 32.2. The summed E-state index contributed by atoms with van der Waals surface area (Å²) in [6.45, 7) is 7.58. The minimum Gasteiger partial charge on any atom is -0.325 e. The molecular weight excluding hydrogens is 431 g/mol. The third-order valence-electron chi connectivity index (χ3n) is 4.82. The van der Waals surface area contributed by atoms with Crippen molar-refractivity contribution in [1.29, 1.82) is 0 Å². The average molecular weight is 453 g/mol. The summed E-state index contributed by atoms with van der Waals surface area (Å²) in [5.41, 5.74) is 3.78. The minimum absolute atomic E-state index is 0.111. The van der Waals surface area contributed by atoms with Crippen LogP contribution < -0.4 is 5.32 Å². The van der Waals surface area contributed by atoms with E-state index in [2.05, 4.69) is 37.1 Å². The Morgan fingerprint density at radius 1 is 1.00 bits per heavy atom. The summed E-state index contributed by atoms with van der Waals surface area (Å²) in [7, 11) is 0. The van der Waals surface area contributed by atoms with E-state index in [4.69, 9.17) is 0 Å². The lowest BCUT2D eigenvalue weighted by Gasteiger charge is -2.12. The van der Waals surface area contributed by atoms with Gasteiger partial charge >= 0.3 is 0 Å². The molecule has 164 valence electrons. The van der Waals surface area contributed by atoms with Gasteiger partial charge in [0, 0.05) is 5.69 Å². The van der Waals surface area contributed by atoms with Crippen molar-refractivity contribution in [2.45, 2.75) is 32.9 Å². The molecule has 1 N–H and O–H groups in total. The number of anilines is 1. The van der Waals surface area contributed by atoms with E-state index < -0.39 is 5.82 Å². The molecule has 11 heteroatoms. The first kappa shape index (κ1) is 21.6. The Morgan fingerprint density at radius 3 is 2.56 bits per heavy atom. The molecule has 9 nitrogen and oxygen atoms in total. The van der Waals surface area contributed by atoms with E-state index in [1.165, 1.54) is 34.6 Å². The molecule has 4 aromatic rings. The molecule has 0 bridgehead atoms. The lowest BCUT2D eigenvalue weighted by Crippen LogP contribution is -2.15. The topological polar surface area (TPSA) is 103 Å². The van der Waals surface area contributed by atoms with Gasteiger partial charge in [0.15, 0.2) is 11.0 Å². The van der Waals surface area contributed by atoms with E-state index in [-0.39, 0.29) is 17.3 Å². The first-order chi connectivity index (χ1) is 15.3. The monoisotopic (exact) mass is 452 g/mol. The van der Waals surface area contributed by atoms with Gasteiger partial charge in [-0.25, -0.2) is 4.39 Å². The maximum absolute atomic E-state index is 14.2. The molecule has 32 heavy (non-hydrogen) atoms. The molecule has 0 unspecified atom stereocenters. The summed E-state index contributed by atoms with van der Waals surface area (Å²) >= 11 is 1.28. The van der Waals surface area contributed by atoms with Crippen LogP contribution in [0.3, 0.4) is 0 Å². The normalized spacial score (nSPS) is 11.0. The Labute approximate surface area is 188 Å². The van der Waals surface area contributed by atoms with Crippen LogP contribution in [0.25, 0.3) is 11.4 Å². The van der Waals surface area contributed by atoms with Crippen molar-refractivity contribution in [3.05, 3.63) is 65.0 Å². The molecular formula is C21H21FN8OS. The number of aromatic nitrogens is 7. The van der Waals surface area contributed by atoms with Crippen LogP contribution in [0.2, 0.25) is 0 Å². The molecule has 1 amide bonds. The number of carbonyl (C=O) groups excluding carboxylic acids is 1. The highest BCUT2D eigenvalue weighted by Gasteiger charge is 2.16. The smallest absolute Gasteiger partial charge is 0.234 e. The summed E-state index contributed by atoms with van der Waals surface area (Å²) in [4.78, 5) is 12.6. The number of hydrogen-bond acceptors (Lipinski definition) is 7. The number of thioether (sulfide) groups is 1. The minimum atomic E-state index is -0.495. The van der Waals surface area contributed by atoms with E-state index in [0.717, 1.165) is 22.6 Å². The quantitative estimate of drug-likeness (QED) is 0.448. The summed E-state index contributed by atoms with van der Waals surface area (Å²) in [6.07, 6.45) is 0. The van der Waals surface area contributed by atoms with Crippen molar-refractivity contribution >= 4 is 23.4 Å². The van der Waals surface area contributed by atoms with Gasteiger partial charge < -0.3 is 5.32 Å². The number of nitrogens with one attached hydrogen (secondary N) is 1. The van der Waals surface area contributed by atoms with Gasteiger partial charge in [-0.1, -0.05) is 23.9 Å². The fourth-order valence-electron chi connectivity index (χ4n) is 3.21. The maximum Gasteiger partial charge on any atom is 0.234 e. The predicted molar refractivity (Wildman–Crippen MR) is 119 cm³/mol. The molecule has 0 radical (unpaired) electrons. The molecule has 0 saturated carbocycles. The fourth-order valence-corrected chi connectivity index (χ4v) is 4.00. The van der Waals surface area contributed by atoms with Crippen molar-refractivity contribution in [3.63, 3.8) is 0 Å². The Balaban J connectivity index is 1.49. The van der Waals surface area contributed by atoms with Crippen LogP contribution in [-0.4, -0.2) is 46.6 Å². The largest absolute Gasteiger partial charge is 0.325 e. The van der Waals surface area contributed by atoms with Crippen molar-refractivity contribution < 1.29 is 9.18 Å².